The first kappa shape index (κ1) is 18.1. The molecule has 1 aliphatic rings. The summed E-state index contributed by atoms with van der Waals surface area (Å²) in [6.07, 6.45) is 4.01. The molecule has 0 saturated heterocycles. The van der Waals surface area contributed by atoms with Crippen molar-refractivity contribution in [3.05, 3.63) is 44.9 Å². The first-order valence-corrected chi connectivity index (χ1v) is 9.81. The molecule has 25 heavy (non-hydrogen) atoms. The molecular formula is C20H27N3OS. The van der Waals surface area contributed by atoms with Crippen molar-refractivity contribution in [1.82, 2.24) is 9.88 Å². The number of anilines is 1. The molecule has 5 heteroatoms. The predicted octanol–water partition coefficient (Wildman–Crippen LogP) is 4.27. The van der Waals surface area contributed by atoms with E-state index in [2.05, 4.69) is 48.2 Å². The minimum atomic E-state index is 0.0724. The van der Waals surface area contributed by atoms with Gasteiger partial charge in [-0.1, -0.05) is 6.07 Å². The van der Waals surface area contributed by atoms with Crippen LogP contribution in [-0.4, -0.2) is 29.4 Å². The summed E-state index contributed by atoms with van der Waals surface area (Å²) < 4.78 is 0. The van der Waals surface area contributed by atoms with Gasteiger partial charge in [-0.2, -0.15) is 0 Å². The minimum absolute atomic E-state index is 0.0724. The number of nitrogens with zero attached hydrogens (tertiary/aromatic N) is 2. The highest BCUT2D eigenvalue weighted by Crippen LogP contribution is 2.27. The van der Waals surface area contributed by atoms with Gasteiger partial charge in [0.2, 0.25) is 5.91 Å². The summed E-state index contributed by atoms with van der Waals surface area (Å²) in [5.41, 5.74) is 4.87. The van der Waals surface area contributed by atoms with Crippen molar-refractivity contribution >= 4 is 22.9 Å². The van der Waals surface area contributed by atoms with Crippen molar-refractivity contribution in [3.8, 4) is 0 Å². The van der Waals surface area contributed by atoms with Crippen LogP contribution in [0.1, 0.15) is 52.5 Å². The van der Waals surface area contributed by atoms with Crippen LogP contribution in [0.2, 0.25) is 0 Å². The van der Waals surface area contributed by atoms with Gasteiger partial charge in [-0.25, -0.2) is 4.98 Å². The van der Waals surface area contributed by atoms with Gasteiger partial charge in [0.15, 0.2) is 0 Å². The van der Waals surface area contributed by atoms with Crippen LogP contribution in [-0.2, 0) is 17.6 Å². The third-order valence-electron chi connectivity index (χ3n) is 5.07. The molecule has 1 N–H and O–H groups in total. The van der Waals surface area contributed by atoms with Crippen LogP contribution in [0.3, 0.4) is 0 Å². The van der Waals surface area contributed by atoms with E-state index in [1.807, 2.05) is 13.0 Å². The number of hydrogen-bond donors (Lipinski definition) is 1. The number of rotatable bonds is 6. The van der Waals surface area contributed by atoms with E-state index in [0.29, 0.717) is 13.0 Å². The number of nitrogens with one attached hydrogen (secondary N) is 1. The van der Waals surface area contributed by atoms with E-state index in [1.54, 1.807) is 11.3 Å². The number of benzene rings is 1. The number of carbonyl (C=O) groups is 1. The van der Waals surface area contributed by atoms with E-state index in [-0.39, 0.29) is 11.9 Å². The lowest BCUT2D eigenvalue weighted by molar-refractivity contribution is -0.116. The Morgan fingerprint density at radius 3 is 2.80 bits per heavy atom. The molecule has 0 fully saturated rings. The highest BCUT2D eigenvalue weighted by molar-refractivity contribution is 7.11. The second-order valence-electron chi connectivity index (χ2n) is 6.97. The third-order valence-corrected chi connectivity index (χ3v) is 5.97. The van der Waals surface area contributed by atoms with E-state index < -0.39 is 0 Å². The van der Waals surface area contributed by atoms with Crippen LogP contribution in [0, 0.1) is 13.8 Å². The Morgan fingerprint density at radius 2 is 2.08 bits per heavy atom. The van der Waals surface area contributed by atoms with Gasteiger partial charge < -0.3 is 5.32 Å². The summed E-state index contributed by atoms with van der Waals surface area (Å²) in [7, 11) is 2.06. The lowest BCUT2D eigenvalue weighted by atomic mass is 10.1. The Labute approximate surface area is 154 Å². The quantitative estimate of drug-likeness (QED) is 0.840. The second-order valence-corrected chi connectivity index (χ2v) is 8.37. The predicted molar refractivity (Wildman–Crippen MR) is 104 cm³/mol. The summed E-state index contributed by atoms with van der Waals surface area (Å²) in [6.45, 7) is 7.02. The van der Waals surface area contributed by atoms with Crippen molar-refractivity contribution in [2.45, 2.75) is 52.5 Å². The van der Waals surface area contributed by atoms with Crippen LogP contribution < -0.4 is 5.32 Å². The molecule has 2 aromatic rings. The fourth-order valence-corrected chi connectivity index (χ4v) is 4.39. The summed E-state index contributed by atoms with van der Waals surface area (Å²) in [6, 6.07) is 6.53. The van der Waals surface area contributed by atoms with Crippen LogP contribution in [0.5, 0.6) is 0 Å². The minimum Gasteiger partial charge on any atom is -0.326 e. The topological polar surface area (TPSA) is 45.2 Å². The SMILES string of the molecule is Cc1nc(C(C)N(C)CCC(=O)Nc2ccc3c(c2)CCC3)c(C)s1. The number of aromatic nitrogens is 1. The van der Waals surface area contributed by atoms with Crippen molar-refractivity contribution in [2.75, 3.05) is 18.9 Å². The van der Waals surface area contributed by atoms with Crippen molar-refractivity contribution in [3.63, 3.8) is 0 Å². The zero-order valence-corrected chi connectivity index (χ0v) is 16.4. The molecule has 3 rings (SSSR count). The number of aryl methyl sites for hydroxylation is 4. The van der Waals surface area contributed by atoms with Gasteiger partial charge in [-0.3, -0.25) is 9.69 Å². The van der Waals surface area contributed by atoms with Gasteiger partial charge in [-0.05, 0) is 70.3 Å². The molecule has 1 amide bonds. The summed E-state index contributed by atoms with van der Waals surface area (Å²) in [5.74, 6) is 0.0724. The Bertz CT molecular complexity index is 768. The van der Waals surface area contributed by atoms with Crippen molar-refractivity contribution < 1.29 is 4.79 Å². The highest BCUT2D eigenvalue weighted by Gasteiger charge is 2.18. The Kier molecular flexibility index (Phi) is 5.54. The second kappa shape index (κ2) is 7.67. The van der Waals surface area contributed by atoms with Crippen molar-refractivity contribution in [2.24, 2.45) is 0 Å². The summed E-state index contributed by atoms with van der Waals surface area (Å²) in [4.78, 5) is 20.4. The number of amides is 1. The number of thiazole rings is 1. The molecule has 0 radical (unpaired) electrons. The molecule has 134 valence electrons. The molecule has 1 aliphatic carbocycles. The van der Waals surface area contributed by atoms with Gasteiger partial charge in [0.25, 0.3) is 0 Å². The van der Waals surface area contributed by atoms with Gasteiger partial charge in [0.05, 0.1) is 16.7 Å². The lowest BCUT2D eigenvalue weighted by Gasteiger charge is -2.23. The van der Waals surface area contributed by atoms with Gasteiger partial charge >= 0.3 is 0 Å². The molecule has 0 bridgehead atoms. The van der Waals surface area contributed by atoms with Crippen molar-refractivity contribution in [1.29, 1.82) is 0 Å². The molecule has 1 aromatic heterocycles. The standard InChI is InChI=1S/C20H27N3OS/c1-13(20-14(2)25-15(3)21-20)23(4)11-10-19(24)22-18-9-8-16-6-5-7-17(16)12-18/h8-9,12-13H,5-7,10-11H2,1-4H3,(H,22,24). The molecule has 1 unspecified atom stereocenters. The molecule has 1 heterocycles. The van der Waals surface area contributed by atoms with Gasteiger partial charge in [0, 0.05) is 23.5 Å². The first-order chi connectivity index (χ1) is 11.9. The molecular weight excluding hydrogens is 330 g/mol. The molecule has 0 aliphatic heterocycles. The van der Waals surface area contributed by atoms with Crippen LogP contribution in [0.15, 0.2) is 18.2 Å². The Morgan fingerprint density at radius 1 is 1.32 bits per heavy atom. The Balaban J connectivity index is 1.52. The first-order valence-electron chi connectivity index (χ1n) is 9.00. The zero-order chi connectivity index (χ0) is 18.0. The maximum Gasteiger partial charge on any atom is 0.225 e. The normalized spacial score (nSPS) is 14.6. The maximum atomic E-state index is 12.3. The summed E-state index contributed by atoms with van der Waals surface area (Å²) >= 11 is 1.73. The van der Waals surface area contributed by atoms with Crippen LogP contribution in [0.25, 0.3) is 0 Å². The average molecular weight is 358 g/mol. The molecule has 0 saturated carbocycles. The molecule has 0 spiro atoms. The lowest BCUT2D eigenvalue weighted by Crippen LogP contribution is -2.27. The van der Waals surface area contributed by atoms with E-state index in [1.165, 1.54) is 28.8 Å². The van der Waals surface area contributed by atoms with E-state index in [9.17, 15) is 4.79 Å². The maximum absolute atomic E-state index is 12.3. The van der Waals surface area contributed by atoms with Gasteiger partial charge in [0.1, 0.15) is 0 Å². The largest absolute Gasteiger partial charge is 0.326 e. The van der Waals surface area contributed by atoms with E-state index >= 15 is 0 Å². The average Bonchev–Trinajstić information content (AvgIpc) is 3.17. The highest BCUT2D eigenvalue weighted by atomic mass is 32.1. The number of hydrogen-bond acceptors (Lipinski definition) is 4. The smallest absolute Gasteiger partial charge is 0.225 e. The number of fused-ring (bicyclic) bond motifs is 1. The Hall–Kier alpha value is -1.72. The zero-order valence-electron chi connectivity index (χ0n) is 15.6. The van der Waals surface area contributed by atoms with E-state index in [4.69, 9.17) is 0 Å². The van der Waals surface area contributed by atoms with Crippen LogP contribution >= 0.6 is 11.3 Å². The summed E-state index contributed by atoms with van der Waals surface area (Å²) in [5, 5.41) is 4.14. The fraction of sp³-hybridized carbons (Fsp3) is 0.500. The number of carbonyl (C=O) groups excluding carboxylic acids is 1. The molecule has 1 aromatic carbocycles. The monoisotopic (exact) mass is 357 g/mol. The van der Waals surface area contributed by atoms with E-state index in [0.717, 1.165) is 22.8 Å². The molecule has 4 nitrogen and oxygen atoms in total. The third kappa shape index (κ3) is 4.28. The van der Waals surface area contributed by atoms with Gasteiger partial charge in [-0.15, -0.1) is 11.3 Å². The molecule has 1 atom stereocenters. The fourth-order valence-electron chi connectivity index (χ4n) is 3.49. The van der Waals surface area contributed by atoms with Crippen LogP contribution in [0.4, 0.5) is 5.69 Å².